The van der Waals surface area contributed by atoms with Gasteiger partial charge < -0.3 is 18.9 Å². The summed E-state index contributed by atoms with van der Waals surface area (Å²) in [5.41, 5.74) is 0.729. The Hall–Kier alpha value is -4.32. The highest BCUT2D eigenvalue weighted by molar-refractivity contribution is 6.04. The summed E-state index contributed by atoms with van der Waals surface area (Å²) in [6.07, 6.45) is 0. The molecular weight excluding hydrogens is 382 g/mol. The van der Waals surface area contributed by atoms with Crippen molar-refractivity contribution in [2.45, 2.75) is 0 Å². The van der Waals surface area contributed by atoms with Crippen molar-refractivity contribution in [3.05, 3.63) is 101 Å². The molecule has 0 aliphatic heterocycles. The molecule has 0 bridgehead atoms. The maximum Gasteiger partial charge on any atom is 0.302 e. The lowest BCUT2D eigenvalue weighted by Crippen LogP contribution is -2.10. The summed E-state index contributed by atoms with van der Waals surface area (Å²) in [5, 5.41) is 3.40. The Labute approximate surface area is 170 Å². The van der Waals surface area contributed by atoms with Gasteiger partial charge in [0.15, 0.2) is 5.76 Å². The van der Waals surface area contributed by atoms with Crippen molar-refractivity contribution < 1.29 is 18.4 Å². The topological polar surface area (TPSA) is 81.7 Å². The van der Waals surface area contributed by atoms with Gasteiger partial charge in [0.1, 0.15) is 22.5 Å². The van der Waals surface area contributed by atoms with Crippen LogP contribution in [0.2, 0.25) is 0 Å². The third kappa shape index (κ3) is 3.31. The summed E-state index contributed by atoms with van der Waals surface area (Å²) >= 11 is 0. The first kappa shape index (κ1) is 17.8. The molecule has 5 rings (SSSR count). The van der Waals surface area contributed by atoms with Gasteiger partial charge in [0.2, 0.25) is 5.43 Å². The minimum atomic E-state index is -0.485. The zero-order valence-corrected chi connectivity index (χ0v) is 15.6. The van der Waals surface area contributed by atoms with Crippen LogP contribution < -0.4 is 15.5 Å². The second kappa shape index (κ2) is 7.25. The predicted molar refractivity (Wildman–Crippen MR) is 113 cm³/mol. The van der Waals surface area contributed by atoms with E-state index in [2.05, 4.69) is 5.32 Å². The molecule has 6 heteroatoms. The Morgan fingerprint density at radius 2 is 1.47 bits per heavy atom. The zero-order valence-electron chi connectivity index (χ0n) is 15.6. The number of rotatable bonds is 4. The fourth-order valence-electron chi connectivity index (χ4n) is 3.13. The zero-order chi connectivity index (χ0) is 20.5. The van der Waals surface area contributed by atoms with E-state index in [0.29, 0.717) is 22.4 Å². The van der Waals surface area contributed by atoms with Gasteiger partial charge in [0, 0.05) is 11.8 Å². The fourth-order valence-corrected chi connectivity index (χ4v) is 3.13. The number of hydrogen-bond donors (Lipinski definition) is 1. The number of anilines is 1. The molecule has 3 aromatic carbocycles. The van der Waals surface area contributed by atoms with Gasteiger partial charge in [-0.3, -0.25) is 9.59 Å². The molecular formula is C24H15NO5. The molecule has 0 saturated heterocycles. The first-order valence-electron chi connectivity index (χ1n) is 9.27. The van der Waals surface area contributed by atoms with Crippen molar-refractivity contribution >= 4 is 33.7 Å². The molecule has 0 radical (unpaired) electrons. The number of furan rings is 1. The third-order valence-electron chi connectivity index (χ3n) is 4.59. The molecule has 2 aromatic heterocycles. The standard InChI is InChI=1S/C24H15NO5/c26-22-18-8-4-5-9-20(18)29-24-19(22)14-21(30-24)23(27)25-15-10-12-17(13-11-15)28-16-6-2-1-3-7-16/h1-14H,(H,25,27). The number of carbonyl (C=O) groups is 1. The lowest BCUT2D eigenvalue weighted by atomic mass is 10.2. The molecule has 146 valence electrons. The van der Waals surface area contributed by atoms with Gasteiger partial charge in [-0.25, -0.2) is 0 Å². The average Bonchev–Trinajstić information content (AvgIpc) is 3.21. The van der Waals surface area contributed by atoms with E-state index < -0.39 is 5.91 Å². The van der Waals surface area contributed by atoms with Gasteiger partial charge in [0.05, 0.1) is 5.39 Å². The number of para-hydroxylation sites is 2. The van der Waals surface area contributed by atoms with Gasteiger partial charge in [-0.05, 0) is 48.5 Å². The maximum absolute atomic E-state index is 12.6. The van der Waals surface area contributed by atoms with Crippen LogP contribution in [0.25, 0.3) is 22.1 Å². The largest absolute Gasteiger partial charge is 0.457 e. The minimum absolute atomic E-state index is 0.00855. The van der Waals surface area contributed by atoms with Crippen LogP contribution in [-0.2, 0) is 0 Å². The lowest BCUT2D eigenvalue weighted by Gasteiger charge is -2.07. The molecule has 1 N–H and O–H groups in total. The number of amides is 1. The SMILES string of the molecule is O=C(Nc1ccc(Oc2ccccc2)cc1)c1cc2c(=O)c3ccccc3oc2o1. The Morgan fingerprint density at radius 3 is 2.27 bits per heavy atom. The van der Waals surface area contributed by atoms with Crippen LogP contribution in [0.3, 0.4) is 0 Å². The molecule has 6 nitrogen and oxygen atoms in total. The van der Waals surface area contributed by atoms with E-state index in [9.17, 15) is 9.59 Å². The van der Waals surface area contributed by atoms with E-state index in [-0.39, 0.29) is 22.4 Å². The van der Waals surface area contributed by atoms with E-state index in [4.69, 9.17) is 13.6 Å². The summed E-state index contributed by atoms with van der Waals surface area (Å²) in [6, 6.07) is 24.6. The van der Waals surface area contributed by atoms with Crippen molar-refractivity contribution in [2.75, 3.05) is 5.32 Å². The maximum atomic E-state index is 12.6. The molecule has 2 heterocycles. The predicted octanol–water partition coefficient (Wildman–Crippen LogP) is 5.58. The summed E-state index contributed by atoms with van der Waals surface area (Å²) in [5.74, 6) is 0.897. The van der Waals surface area contributed by atoms with Gasteiger partial charge in [-0.2, -0.15) is 0 Å². The highest BCUT2D eigenvalue weighted by Gasteiger charge is 2.17. The summed E-state index contributed by atoms with van der Waals surface area (Å²) in [7, 11) is 0. The smallest absolute Gasteiger partial charge is 0.302 e. The van der Waals surface area contributed by atoms with Gasteiger partial charge >= 0.3 is 5.78 Å². The van der Waals surface area contributed by atoms with Crippen LogP contribution in [0.1, 0.15) is 10.6 Å². The molecule has 1 amide bonds. The average molecular weight is 397 g/mol. The summed E-state index contributed by atoms with van der Waals surface area (Å²) in [4.78, 5) is 25.2. The number of carbonyl (C=O) groups excluding carboxylic acids is 1. The second-order valence-electron chi connectivity index (χ2n) is 6.63. The van der Waals surface area contributed by atoms with E-state index in [0.717, 1.165) is 5.75 Å². The van der Waals surface area contributed by atoms with Crippen LogP contribution in [0, 0.1) is 0 Å². The molecule has 0 saturated carbocycles. The molecule has 5 aromatic rings. The lowest BCUT2D eigenvalue weighted by molar-refractivity contribution is 0.0997. The number of benzene rings is 3. The molecule has 0 aliphatic rings. The van der Waals surface area contributed by atoms with Crippen LogP contribution in [0.5, 0.6) is 11.5 Å². The van der Waals surface area contributed by atoms with Crippen LogP contribution in [-0.4, -0.2) is 5.91 Å². The Kier molecular flexibility index (Phi) is 4.29. The van der Waals surface area contributed by atoms with Crippen molar-refractivity contribution in [3.63, 3.8) is 0 Å². The Balaban J connectivity index is 1.37. The molecule has 0 aliphatic carbocycles. The summed E-state index contributed by atoms with van der Waals surface area (Å²) in [6.45, 7) is 0. The van der Waals surface area contributed by atoms with Crippen LogP contribution in [0.4, 0.5) is 5.69 Å². The second-order valence-corrected chi connectivity index (χ2v) is 6.63. The third-order valence-corrected chi connectivity index (χ3v) is 4.59. The first-order valence-corrected chi connectivity index (χ1v) is 9.27. The molecule has 0 fully saturated rings. The van der Waals surface area contributed by atoms with Crippen molar-refractivity contribution in [1.82, 2.24) is 0 Å². The first-order chi connectivity index (χ1) is 14.7. The summed E-state index contributed by atoms with van der Waals surface area (Å²) < 4.78 is 16.8. The number of ether oxygens (including phenoxy) is 1. The fraction of sp³-hybridized carbons (Fsp3) is 0. The minimum Gasteiger partial charge on any atom is -0.457 e. The van der Waals surface area contributed by atoms with Crippen molar-refractivity contribution in [3.8, 4) is 11.5 Å². The highest BCUT2D eigenvalue weighted by atomic mass is 16.5. The number of hydrogen-bond acceptors (Lipinski definition) is 5. The van der Waals surface area contributed by atoms with Crippen LogP contribution >= 0.6 is 0 Å². The normalized spacial score (nSPS) is 10.9. The molecule has 0 atom stereocenters. The molecule has 0 spiro atoms. The number of nitrogens with one attached hydrogen (secondary N) is 1. The Bertz CT molecular complexity index is 1420. The van der Waals surface area contributed by atoms with Crippen molar-refractivity contribution in [2.24, 2.45) is 0 Å². The Morgan fingerprint density at radius 1 is 0.767 bits per heavy atom. The quantitative estimate of drug-likeness (QED) is 0.428. The van der Waals surface area contributed by atoms with Crippen molar-refractivity contribution in [1.29, 1.82) is 0 Å². The monoisotopic (exact) mass is 397 g/mol. The van der Waals surface area contributed by atoms with E-state index in [1.807, 2.05) is 30.3 Å². The molecule has 0 unspecified atom stereocenters. The van der Waals surface area contributed by atoms with E-state index >= 15 is 0 Å². The molecule has 30 heavy (non-hydrogen) atoms. The number of fused-ring (bicyclic) bond motifs is 2. The van der Waals surface area contributed by atoms with Gasteiger partial charge in [0.25, 0.3) is 5.91 Å². The van der Waals surface area contributed by atoms with Gasteiger partial charge in [-0.1, -0.05) is 30.3 Å². The van der Waals surface area contributed by atoms with Crippen LogP contribution in [0.15, 0.2) is 98.6 Å². The van der Waals surface area contributed by atoms with E-state index in [1.165, 1.54) is 6.07 Å². The van der Waals surface area contributed by atoms with E-state index in [1.54, 1.807) is 48.5 Å². The van der Waals surface area contributed by atoms with Gasteiger partial charge in [-0.15, -0.1) is 0 Å². The highest BCUT2D eigenvalue weighted by Crippen LogP contribution is 2.24.